The second kappa shape index (κ2) is 6.52. The monoisotopic (exact) mass is 317 g/mol. The Balaban J connectivity index is 2.06. The lowest BCUT2D eigenvalue weighted by atomic mass is 10.2. The van der Waals surface area contributed by atoms with E-state index in [1.165, 1.54) is 0 Å². The maximum Gasteiger partial charge on any atom is 0.304 e. The van der Waals surface area contributed by atoms with Crippen LogP contribution in [-0.2, 0) is 27.6 Å². The van der Waals surface area contributed by atoms with Gasteiger partial charge in [0, 0.05) is 19.0 Å². The standard InChI is InChI=1S/C12H19N3O5S/c1-2-3-11-13-10(14-20-11)7-15-4-5-21(18,19)8-9(15)6-12(16)17/h9H,2-8H2,1H3,(H,16,17). The van der Waals surface area contributed by atoms with Crippen LogP contribution < -0.4 is 0 Å². The molecule has 1 aromatic rings. The van der Waals surface area contributed by atoms with E-state index in [9.17, 15) is 13.2 Å². The summed E-state index contributed by atoms with van der Waals surface area (Å²) in [4.78, 5) is 16.9. The Morgan fingerprint density at radius 3 is 2.95 bits per heavy atom. The van der Waals surface area contributed by atoms with Gasteiger partial charge < -0.3 is 9.63 Å². The van der Waals surface area contributed by atoms with Crippen LogP contribution in [0.5, 0.6) is 0 Å². The maximum atomic E-state index is 11.7. The van der Waals surface area contributed by atoms with E-state index < -0.39 is 21.8 Å². The van der Waals surface area contributed by atoms with Crippen LogP contribution in [0.15, 0.2) is 4.52 Å². The van der Waals surface area contributed by atoms with E-state index in [1.54, 1.807) is 4.90 Å². The molecule has 1 aromatic heterocycles. The zero-order valence-corrected chi connectivity index (χ0v) is 12.7. The molecule has 1 aliphatic heterocycles. The van der Waals surface area contributed by atoms with Gasteiger partial charge in [-0.25, -0.2) is 8.42 Å². The van der Waals surface area contributed by atoms with Gasteiger partial charge in [0.1, 0.15) is 0 Å². The topological polar surface area (TPSA) is 114 Å². The normalized spacial score (nSPS) is 22.2. The summed E-state index contributed by atoms with van der Waals surface area (Å²) < 4.78 is 28.4. The third-order valence-corrected chi connectivity index (χ3v) is 5.08. The SMILES string of the molecule is CCCc1nc(CN2CCS(=O)(=O)CC2CC(=O)O)no1. The fourth-order valence-corrected chi connectivity index (χ4v) is 3.96. The Morgan fingerprint density at radius 1 is 1.52 bits per heavy atom. The van der Waals surface area contributed by atoms with Crippen molar-refractivity contribution in [3.63, 3.8) is 0 Å². The summed E-state index contributed by atoms with van der Waals surface area (Å²) >= 11 is 0. The summed E-state index contributed by atoms with van der Waals surface area (Å²) in [6.07, 6.45) is 1.38. The van der Waals surface area contributed by atoms with Crippen molar-refractivity contribution in [1.29, 1.82) is 0 Å². The molecular formula is C12H19N3O5S. The summed E-state index contributed by atoms with van der Waals surface area (Å²) in [5.41, 5.74) is 0. The number of aliphatic carboxylic acids is 1. The average molecular weight is 317 g/mol. The molecule has 0 radical (unpaired) electrons. The number of sulfone groups is 1. The Morgan fingerprint density at radius 2 is 2.29 bits per heavy atom. The minimum Gasteiger partial charge on any atom is -0.481 e. The number of carboxylic acid groups (broad SMARTS) is 1. The van der Waals surface area contributed by atoms with Crippen LogP contribution in [0.25, 0.3) is 0 Å². The van der Waals surface area contributed by atoms with E-state index in [1.807, 2.05) is 6.92 Å². The second-order valence-corrected chi connectivity index (χ2v) is 7.42. The van der Waals surface area contributed by atoms with Crippen LogP contribution in [0.1, 0.15) is 31.5 Å². The third-order valence-electron chi connectivity index (χ3n) is 3.38. The van der Waals surface area contributed by atoms with Crippen molar-refractivity contribution in [2.75, 3.05) is 18.1 Å². The molecule has 0 amide bonds. The first-order chi connectivity index (χ1) is 9.89. The number of nitrogens with zero attached hydrogens (tertiary/aromatic N) is 3. The van der Waals surface area contributed by atoms with Crippen molar-refractivity contribution in [3.8, 4) is 0 Å². The van der Waals surface area contributed by atoms with Gasteiger partial charge in [-0.2, -0.15) is 4.98 Å². The highest BCUT2D eigenvalue weighted by Crippen LogP contribution is 2.17. The first-order valence-electron chi connectivity index (χ1n) is 6.87. The zero-order valence-electron chi connectivity index (χ0n) is 11.9. The molecule has 21 heavy (non-hydrogen) atoms. The van der Waals surface area contributed by atoms with Crippen LogP contribution in [0, 0.1) is 0 Å². The molecule has 118 valence electrons. The molecule has 0 saturated carbocycles. The molecule has 1 N–H and O–H groups in total. The van der Waals surface area contributed by atoms with Crippen LogP contribution >= 0.6 is 0 Å². The van der Waals surface area contributed by atoms with Crippen LogP contribution in [0.4, 0.5) is 0 Å². The predicted molar refractivity (Wildman–Crippen MR) is 73.4 cm³/mol. The molecule has 1 unspecified atom stereocenters. The molecule has 0 aliphatic carbocycles. The lowest BCUT2D eigenvalue weighted by Gasteiger charge is -2.33. The van der Waals surface area contributed by atoms with Crippen LogP contribution in [0.2, 0.25) is 0 Å². The number of carbonyl (C=O) groups is 1. The third kappa shape index (κ3) is 4.50. The Labute approximate surface area is 123 Å². The molecule has 0 aromatic carbocycles. The largest absolute Gasteiger partial charge is 0.481 e. The minimum atomic E-state index is -3.18. The van der Waals surface area contributed by atoms with E-state index in [0.29, 0.717) is 24.7 Å². The molecule has 2 rings (SSSR count). The number of hydrogen-bond donors (Lipinski definition) is 1. The van der Waals surface area contributed by atoms with Gasteiger partial charge in [0.2, 0.25) is 5.89 Å². The number of aryl methyl sites for hydroxylation is 1. The molecular weight excluding hydrogens is 298 g/mol. The van der Waals surface area contributed by atoms with E-state index in [4.69, 9.17) is 9.63 Å². The smallest absolute Gasteiger partial charge is 0.304 e. The van der Waals surface area contributed by atoms with Crippen molar-refractivity contribution in [3.05, 3.63) is 11.7 Å². The van der Waals surface area contributed by atoms with Crippen molar-refractivity contribution >= 4 is 15.8 Å². The molecule has 9 heteroatoms. The van der Waals surface area contributed by atoms with Crippen molar-refractivity contribution in [2.45, 2.75) is 38.8 Å². The Hall–Kier alpha value is -1.48. The first-order valence-corrected chi connectivity index (χ1v) is 8.69. The van der Waals surface area contributed by atoms with E-state index in [-0.39, 0.29) is 24.5 Å². The highest BCUT2D eigenvalue weighted by atomic mass is 32.2. The van der Waals surface area contributed by atoms with E-state index in [2.05, 4.69) is 10.1 Å². The Bertz CT molecular complexity index is 598. The predicted octanol–water partition coefficient (Wildman–Crippen LogP) is 0.0958. The average Bonchev–Trinajstić information content (AvgIpc) is 2.79. The van der Waals surface area contributed by atoms with Gasteiger partial charge in [0.15, 0.2) is 15.7 Å². The van der Waals surface area contributed by atoms with Gasteiger partial charge in [-0.15, -0.1) is 0 Å². The van der Waals surface area contributed by atoms with Crippen molar-refractivity contribution in [1.82, 2.24) is 15.0 Å². The molecule has 1 aliphatic rings. The second-order valence-electron chi connectivity index (χ2n) is 5.19. The highest BCUT2D eigenvalue weighted by molar-refractivity contribution is 7.91. The van der Waals surface area contributed by atoms with Crippen LogP contribution in [-0.4, -0.2) is 58.6 Å². The summed E-state index contributed by atoms with van der Waals surface area (Å²) in [6.45, 7) is 2.60. The fourth-order valence-electron chi connectivity index (χ4n) is 2.37. The van der Waals surface area contributed by atoms with Crippen LogP contribution in [0.3, 0.4) is 0 Å². The minimum absolute atomic E-state index is 0.0305. The number of carboxylic acids is 1. The van der Waals surface area contributed by atoms with Gasteiger partial charge in [0.05, 0.1) is 24.5 Å². The Kier molecular flexibility index (Phi) is 4.94. The molecule has 2 heterocycles. The quantitative estimate of drug-likeness (QED) is 0.785. The summed E-state index contributed by atoms with van der Waals surface area (Å²) in [5.74, 6) is -0.108. The van der Waals surface area contributed by atoms with E-state index in [0.717, 1.165) is 6.42 Å². The van der Waals surface area contributed by atoms with Crippen molar-refractivity contribution in [2.24, 2.45) is 0 Å². The first kappa shape index (κ1) is 15.9. The number of rotatable bonds is 6. The highest BCUT2D eigenvalue weighted by Gasteiger charge is 2.33. The molecule has 0 bridgehead atoms. The van der Waals surface area contributed by atoms with Gasteiger partial charge >= 0.3 is 5.97 Å². The number of hydrogen-bond acceptors (Lipinski definition) is 7. The van der Waals surface area contributed by atoms with Gasteiger partial charge in [-0.1, -0.05) is 12.1 Å². The lowest BCUT2D eigenvalue weighted by molar-refractivity contribution is -0.138. The van der Waals surface area contributed by atoms with Gasteiger partial charge in [-0.05, 0) is 6.42 Å². The molecule has 1 fully saturated rings. The summed E-state index contributed by atoms with van der Waals surface area (Å²) in [7, 11) is -3.18. The van der Waals surface area contributed by atoms with E-state index >= 15 is 0 Å². The lowest BCUT2D eigenvalue weighted by Crippen LogP contribution is -2.48. The zero-order chi connectivity index (χ0) is 15.5. The molecule has 1 atom stereocenters. The fraction of sp³-hybridized carbons (Fsp3) is 0.750. The maximum absolute atomic E-state index is 11.7. The summed E-state index contributed by atoms with van der Waals surface area (Å²) in [5, 5.41) is 12.8. The van der Waals surface area contributed by atoms with Gasteiger partial charge in [-0.3, -0.25) is 9.69 Å². The van der Waals surface area contributed by atoms with Crippen molar-refractivity contribution < 1.29 is 22.8 Å². The number of aromatic nitrogens is 2. The molecule has 1 saturated heterocycles. The van der Waals surface area contributed by atoms with Gasteiger partial charge in [0.25, 0.3) is 0 Å². The molecule has 8 nitrogen and oxygen atoms in total. The summed E-state index contributed by atoms with van der Waals surface area (Å²) in [6, 6.07) is -0.547. The molecule has 0 spiro atoms.